The van der Waals surface area contributed by atoms with Crippen LogP contribution in [-0.2, 0) is 4.74 Å². The van der Waals surface area contributed by atoms with E-state index in [9.17, 15) is 4.79 Å². The Morgan fingerprint density at radius 3 is 2.76 bits per heavy atom. The van der Waals surface area contributed by atoms with Crippen molar-refractivity contribution in [2.45, 2.75) is 13.3 Å². The van der Waals surface area contributed by atoms with Crippen LogP contribution in [0, 0.1) is 6.92 Å². The summed E-state index contributed by atoms with van der Waals surface area (Å²) < 4.78 is 5.77. The van der Waals surface area contributed by atoms with Gasteiger partial charge in [0.05, 0.1) is 12.2 Å². The summed E-state index contributed by atoms with van der Waals surface area (Å²) in [4.78, 5) is 14.2. The zero-order valence-electron chi connectivity index (χ0n) is 12.2. The Morgan fingerprint density at radius 1 is 1.48 bits per heavy atom. The van der Waals surface area contributed by atoms with E-state index in [4.69, 9.17) is 15.7 Å². The lowest BCUT2D eigenvalue weighted by Gasteiger charge is -2.23. The Labute approximate surface area is 132 Å². The van der Waals surface area contributed by atoms with Crippen LogP contribution in [0.25, 0.3) is 0 Å². The molecule has 7 heteroatoms. The van der Waals surface area contributed by atoms with Crippen molar-refractivity contribution < 1.29 is 14.7 Å². The first kappa shape index (κ1) is 17.5. The van der Waals surface area contributed by atoms with Gasteiger partial charge >= 0.3 is 0 Å². The number of ether oxygens (including phenoxy) is 1. The Hall–Kier alpha value is -1.60. The van der Waals surface area contributed by atoms with Gasteiger partial charge in [-0.1, -0.05) is 11.2 Å². The largest absolute Gasteiger partial charge is 0.409 e. The smallest absolute Gasteiger partial charge is 0.255 e. The third-order valence-corrected chi connectivity index (χ3v) is 3.63. The monoisotopic (exact) mass is 357 g/mol. The van der Waals surface area contributed by atoms with Gasteiger partial charge in [0, 0.05) is 31.1 Å². The standard InChI is InChI=1S/C14H20BrN3O3/c1-10-3-4-11(12(15)9-10)14(19)18(7-8-21-2)6-5-13(16)17-20/h3-4,9,20H,5-8H2,1-2H3,(H2,16,17). The highest BCUT2D eigenvalue weighted by Gasteiger charge is 2.18. The van der Waals surface area contributed by atoms with E-state index in [0.717, 1.165) is 10.0 Å². The van der Waals surface area contributed by atoms with E-state index >= 15 is 0 Å². The Kier molecular flexibility index (Phi) is 7.18. The van der Waals surface area contributed by atoms with Gasteiger partial charge in [-0.25, -0.2) is 0 Å². The van der Waals surface area contributed by atoms with Crippen LogP contribution in [0.3, 0.4) is 0 Å². The van der Waals surface area contributed by atoms with Crippen molar-refractivity contribution in [1.29, 1.82) is 0 Å². The maximum absolute atomic E-state index is 12.6. The van der Waals surface area contributed by atoms with Gasteiger partial charge in [-0.2, -0.15) is 0 Å². The van der Waals surface area contributed by atoms with E-state index in [0.29, 0.717) is 31.7 Å². The van der Waals surface area contributed by atoms with Gasteiger partial charge in [0.2, 0.25) is 0 Å². The number of nitrogens with zero attached hydrogens (tertiary/aromatic N) is 2. The number of carbonyl (C=O) groups excluding carboxylic acids is 1. The molecule has 0 aliphatic carbocycles. The molecule has 0 heterocycles. The van der Waals surface area contributed by atoms with Crippen molar-refractivity contribution in [3.05, 3.63) is 33.8 Å². The van der Waals surface area contributed by atoms with E-state index in [2.05, 4.69) is 21.1 Å². The van der Waals surface area contributed by atoms with E-state index in [1.807, 2.05) is 19.1 Å². The number of halogens is 1. The van der Waals surface area contributed by atoms with Crippen molar-refractivity contribution in [3.63, 3.8) is 0 Å². The average molecular weight is 358 g/mol. The molecule has 116 valence electrons. The molecular formula is C14H20BrN3O3. The van der Waals surface area contributed by atoms with Crippen LogP contribution in [0.5, 0.6) is 0 Å². The Bertz CT molecular complexity index is 520. The zero-order chi connectivity index (χ0) is 15.8. The maximum atomic E-state index is 12.6. The van der Waals surface area contributed by atoms with Crippen molar-refractivity contribution >= 4 is 27.7 Å². The molecule has 21 heavy (non-hydrogen) atoms. The molecule has 0 saturated carbocycles. The summed E-state index contributed by atoms with van der Waals surface area (Å²) in [6.07, 6.45) is 0.301. The lowest BCUT2D eigenvalue weighted by Crippen LogP contribution is -2.36. The highest BCUT2D eigenvalue weighted by Crippen LogP contribution is 2.20. The predicted molar refractivity (Wildman–Crippen MR) is 84.7 cm³/mol. The third kappa shape index (κ3) is 5.35. The summed E-state index contributed by atoms with van der Waals surface area (Å²) in [6, 6.07) is 5.56. The second kappa shape index (κ2) is 8.63. The second-order valence-corrected chi connectivity index (χ2v) is 5.46. The number of oxime groups is 1. The number of aryl methyl sites for hydroxylation is 1. The number of methoxy groups -OCH3 is 1. The molecule has 6 nitrogen and oxygen atoms in total. The van der Waals surface area contributed by atoms with Crippen molar-refractivity contribution in [3.8, 4) is 0 Å². The van der Waals surface area contributed by atoms with Gasteiger partial charge in [-0.15, -0.1) is 0 Å². The highest BCUT2D eigenvalue weighted by molar-refractivity contribution is 9.10. The quantitative estimate of drug-likeness (QED) is 0.338. The molecule has 1 rings (SSSR count). The van der Waals surface area contributed by atoms with Crippen molar-refractivity contribution in [2.24, 2.45) is 10.9 Å². The second-order valence-electron chi connectivity index (χ2n) is 4.61. The molecule has 0 aliphatic rings. The molecule has 3 N–H and O–H groups in total. The first-order chi connectivity index (χ1) is 9.99. The number of rotatable bonds is 7. The number of nitrogens with two attached hydrogens (primary N) is 1. The van der Waals surface area contributed by atoms with Gasteiger partial charge in [0.25, 0.3) is 5.91 Å². The number of hydrogen-bond donors (Lipinski definition) is 2. The topological polar surface area (TPSA) is 88.2 Å². The minimum Gasteiger partial charge on any atom is -0.409 e. The first-order valence-corrected chi connectivity index (χ1v) is 7.29. The fourth-order valence-electron chi connectivity index (χ4n) is 1.78. The van der Waals surface area contributed by atoms with Gasteiger partial charge in [-0.3, -0.25) is 4.79 Å². The van der Waals surface area contributed by atoms with Crippen LogP contribution in [0.2, 0.25) is 0 Å². The fraction of sp³-hybridized carbons (Fsp3) is 0.429. The van der Waals surface area contributed by atoms with E-state index in [1.54, 1.807) is 18.1 Å². The number of amidine groups is 1. The maximum Gasteiger partial charge on any atom is 0.255 e. The molecule has 0 atom stereocenters. The van der Waals surface area contributed by atoms with E-state index in [1.165, 1.54) is 0 Å². The summed E-state index contributed by atoms with van der Waals surface area (Å²) in [5.74, 6) is -0.0298. The molecule has 1 amide bonds. The summed E-state index contributed by atoms with van der Waals surface area (Å²) in [6.45, 7) is 3.18. The Morgan fingerprint density at radius 2 is 2.19 bits per heavy atom. The average Bonchev–Trinajstić information content (AvgIpc) is 2.46. The zero-order valence-corrected chi connectivity index (χ0v) is 13.8. The molecular weight excluding hydrogens is 338 g/mol. The first-order valence-electron chi connectivity index (χ1n) is 6.50. The third-order valence-electron chi connectivity index (χ3n) is 2.97. The predicted octanol–water partition coefficient (Wildman–Crippen LogP) is 1.98. The SMILES string of the molecule is COCCN(CC/C(N)=N/O)C(=O)c1ccc(C)cc1Br. The van der Waals surface area contributed by atoms with Crippen LogP contribution >= 0.6 is 15.9 Å². The fourth-order valence-corrected chi connectivity index (χ4v) is 2.44. The normalized spacial score (nSPS) is 11.5. The van der Waals surface area contributed by atoms with Crippen LogP contribution < -0.4 is 5.73 Å². The summed E-state index contributed by atoms with van der Waals surface area (Å²) in [5.41, 5.74) is 7.11. The molecule has 0 spiro atoms. The number of amides is 1. The minimum absolute atomic E-state index is 0.0909. The van der Waals surface area contributed by atoms with E-state index < -0.39 is 0 Å². The molecule has 0 aliphatic heterocycles. The van der Waals surface area contributed by atoms with Crippen LogP contribution in [0.15, 0.2) is 27.8 Å². The molecule has 0 radical (unpaired) electrons. The van der Waals surface area contributed by atoms with Crippen molar-refractivity contribution in [2.75, 3.05) is 26.8 Å². The van der Waals surface area contributed by atoms with Crippen LogP contribution in [-0.4, -0.2) is 48.7 Å². The molecule has 0 aromatic heterocycles. The van der Waals surface area contributed by atoms with Crippen LogP contribution in [0.4, 0.5) is 0 Å². The molecule has 0 fully saturated rings. The number of carbonyl (C=O) groups is 1. The Balaban J connectivity index is 2.87. The molecule has 0 bridgehead atoms. The lowest BCUT2D eigenvalue weighted by atomic mass is 10.1. The lowest BCUT2D eigenvalue weighted by molar-refractivity contribution is 0.0699. The molecule has 0 unspecified atom stereocenters. The summed E-state index contributed by atoms with van der Waals surface area (Å²) >= 11 is 3.41. The molecule has 0 saturated heterocycles. The van der Waals surface area contributed by atoms with Crippen molar-refractivity contribution in [1.82, 2.24) is 4.90 Å². The van der Waals surface area contributed by atoms with Crippen LogP contribution in [0.1, 0.15) is 22.3 Å². The van der Waals surface area contributed by atoms with Gasteiger partial charge in [-0.05, 0) is 40.5 Å². The molecule has 1 aromatic carbocycles. The van der Waals surface area contributed by atoms with E-state index in [-0.39, 0.29) is 11.7 Å². The minimum atomic E-state index is -0.121. The number of hydrogen-bond acceptors (Lipinski definition) is 4. The summed E-state index contributed by atoms with van der Waals surface area (Å²) in [5, 5.41) is 11.5. The van der Waals surface area contributed by atoms with Gasteiger partial charge in [0.1, 0.15) is 5.84 Å². The molecule has 1 aromatic rings. The number of benzene rings is 1. The summed E-state index contributed by atoms with van der Waals surface area (Å²) in [7, 11) is 1.58. The van der Waals surface area contributed by atoms with Gasteiger partial charge < -0.3 is 20.6 Å². The van der Waals surface area contributed by atoms with Gasteiger partial charge in [0.15, 0.2) is 0 Å². The highest BCUT2D eigenvalue weighted by atomic mass is 79.9.